The summed E-state index contributed by atoms with van der Waals surface area (Å²) >= 11 is 0. The van der Waals surface area contributed by atoms with Crippen LogP contribution in [0.1, 0.15) is 47.7 Å². The van der Waals surface area contributed by atoms with Crippen LogP contribution in [-0.2, 0) is 17.9 Å². The van der Waals surface area contributed by atoms with E-state index in [0.29, 0.717) is 25.7 Å². The molecule has 0 N–H and O–H groups in total. The molecule has 2 fully saturated rings. The smallest absolute Gasteiger partial charge is 0.327 e. The van der Waals surface area contributed by atoms with Gasteiger partial charge in [-0.2, -0.15) is 0 Å². The molecule has 2 aliphatic heterocycles. The zero-order valence-electron chi connectivity index (χ0n) is 17.1. The van der Waals surface area contributed by atoms with E-state index in [1.807, 2.05) is 48.2 Å². The van der Waals surface area contributed by atoms with Gasteiger partial charge in [0.2, 0.25) is 5.91 Å². The van der Waals surface area contributed by atoms with Crippen molar-refractivity contribution in [2.24, 2.45) is 0 Å². The minimum absolute atomic E-state index is 0.119. The van der Waals surface area contributed by atoms with E-state index in [-0.39, 0.29) is 24.4 Å². The number of hydrogen-bond acceptors (Lipinski definition) is 3. The predicted molar refractivity (Wildman–Crippen MR) is 113 cm³/mol. The highest BCUT2D eigenvalue weighted by Crippen LogP contribution is 2.36. The van der Waals surface area contributed by atoms with Crippen molar-refractivity contribution in [3.63, 3.8) is 0 Å². The summed E-state index contributed by atoms with van der Waals surface area (Å²) < 4.78 is 0. The highest BCUT2D eigenvalue weighted by atomic mass is 16.2. The molecule has 6 heteroatoms. The van der Waals surface area contributed by atoms with Crippen LogP contribution < -0.4 is 0 Å². The summed E-state index contributed by atoms with van der Waals surface area (Å²) in [4.78, 5) is 41.9. The SMILES string of the molecule is CCCN1C(=O)CN(Cc2ccc(-c3ccc4c(c3)CN(C3CC3)C4=O)cc2)C1=O. The van der Waals surface area contributed by atoms with E-state index < -0.39 is 0 Å². The van der Waals surface area contributed by atoms with E-state index in [1.54, 1.807) is 4.90 Å². The molecule has 0 atom stereocenters. The number of hydrogen-bond donors (Lipinski definition) is 0. The standard InChI is InChI=1S/C24H25N3O3/c1-2-11-26-22(28)15-25(24(26)30)13-16-3-5-17(6-4-16)18-7-10-21-19(12-18)14-27(23(21)29)20-8-9-20/h3-7,10,12,20H,2,8-9,11,13-15H2,1H3. The lowest BCUT2D eigenvalue weighted by Crippen LogP contribution is -2.33. The summed E-state index contributed by atoms with van der Waals surface area (Å²) in [7, 11) is 0. The van der Waals surface area contributed by atoms with Gasteiger partial charge in [0.15, 0.2) is 0 Å². The molecule has 0 radical (unpaired) electrons. The highest BCUT2D eigenvalue weighted by molar-refractivity contribution is 6.02. The second kappa shape index (κ2) is 7.27. The maximum absolute atomic E-state index is 12.5. The van der Waals surface area contributed by atoms with E-state index in [4.69, 9.17) is 0 Å². The van der Waals surface area contributed by atoms with Gasteiger partial charge < -0.3 is 9.80 Å². The average Bonchev–Trinajstić information content (AvgIpc) is 3.50. The average molecular weight is 403 g/mol. The third-order valence-electron chi connectivity index (χ3n) is 6.16. The van der Waals surface area contributed by atoms with Crippen LogP contribution in [0.5, 0.6) is 0 Å². The molecule has 2 aromatic carbocycles. The molecule has 1 saturated heterocycles. The topological polar surface area (TPSA) is 60.9 Å². The number of imide groups is 1. The van der Waals surface area contributed by atoms with Crippen molar-refractivity contribution >= 4 is 17.8 Å². The van der Waals surface area contributed by atoms with Crippen molar-refractivity contribution in [2.45, 2.75) is 45.3 Å². The number of nitrogens with zero attached hydrogens (tertiary/aromatic N) is 3. The largest absolute Gasteiger partial charge is 0.331 e. The normalized spacial score (nSPS) is 18.6. The molecule has 0 bridgehead atoms. The van der Waals surface area contributed by atoms with Crippen molar-refractivity contribution in [3.05, 3.63) is 59.2 Å². The Morgan fingerprint density at radius 1 is 0.933 bits per heavy atom. The molecular formula is C24H25N3O3. The van der Waals surface area contributed by atoms with E-state index in [0.717, 1.165) is 47.1 Å². The number of fused-ring (bicyclic) bond motifs is 1. The van der Waals surface area contributed by atoms with Crippen LogP contribution in [0.4, 0.5) is 4.79 Å². The van der Waals surface area contributed by atoms with Gasteiger partial charge in [-0.1, -0.05) is 37.3 Å². The molecule has 154 valence electrons. The van der Waals surface area contributed by atoms with Crippen LogP contribution in [0, 0.1) is 0 Å². The van der Waals surface area contributed by atoms with Crippen LogP contribution in [-0.4, -0.2) is 51.7 Å². The highest BCUT2D eigenvalue weighted by Gasteiger charge is 2.38. The van der Waals surface area contributed by atoms with Gasteiger partial charge in [-0.15, -0.1) is 0 Å². The maximum atomic E-state index is 12.5. The second-order valence-corrected chi connectivity index (χ2v) is 8.42. The van der Waals surface area contributed by atoms with Gasteiger partial charge in [-0.05, 0) is 53.6 Å². The Bertz CT molecular complexity index is 1030. The molecular weight excluding hydrogens is 378 g/mol. The zero-order valence-corrected chi connectivity index (χ0v) is 17.1. The molecule has 0 spiro atoms. The van der Waals surface area contributed by atoms with E-state index in [9.17, 15) is 14.4 Å². The summed E-state index contributed by atoms with van der Waals surface area (Å²) in [6.45, 7) is 3.73. The zero-order chi connectivity index (χ0) is 20.8. The Balaban J connectivity index is 1.29. The van der Waals surface area contributed by atoms with Gasteiger partial charge in [0, 0.05) is 31.2 Å². The summed E-state index contributed by atoms with van der Waals surface area (Å²) in [5.74, 6) is 0.0442. The van der Waals surface area contributed by atoms with Crippen molar-refractivity contribution in [3.8, 4) is 11.1 Å². The number of carbonyl (C=O) groups is 3. The van der Waals surface area contributed by atoms with Crippen LogP contribution in [0.2, 0.25) is 0 Å². The second-order valence-electron chi connectivity index (χ2n) is 8.42. The van der Waals surface area contributed by atoms with E-state index >= 15 is 0 Å². The monoisotopic (exact) mass is 403 g/mol. The number of rotatable bonds is 6. The van der Waals surface area contributed by atoms with Gasteiger partial charge in [-0.25, -0.2) is 4.79 Å². The minimum atomic E-state index is -0.200. The third kappa shape index (κ3) is 3.26. The van der Waals surface area contributed by atoms with Crippen LogP contribution in [0.25, 0.3) is 11.1 Å². The molecule has 3 aliphatic rings. The number of amides is 4. The lowest BCUT2D eigenvalue weighted by atomic mass is 9.99. The number of urea groups is 1. The Morgan fingerprint density at radius 3 is 2.37 bits per heavy atom. The van der Waals surface area contributed by atoms with E-state index in [2.05, 4.69) is 6.07 Å². The third-order valence-corrected chi connectivity index (χ3v) is 6.16. The fraction of sp³-hybridized carbons (Fsp3) is 0.375. The van der Waals surface area contributed by atoms with Crippen LogP contribution in [0.15, 0.2) is 42.5 Å². The van der Waals surface area contributed by atoms with Crippen LogP contribution in [0.3, 0.4) is 0 Å². The summed E-state index contributed by atoms with van der Waals surface area (Å²) in [6.07, 6.45) is 3.01. The first kappa shape index (κ1) is 18.9. The molecule has 2 heterocycles. The molecule has 5 rings (SSSR count). The first-order valence-corrected chi connectivity index (χ1v) is 10.7. The quantitative estimate of drug-likeness (QED) is 0.692. The fourth-order valence-corrected chi connectivity index (χ4v) is 4.39. The molecule has 30 heavy (non-hydrogen) atoms. The van der Waals surface area contributed by atoms with E-state index in [1.165, 1.54) is 4.90 Å². The number of benzene rings is 2. The maximum Gasteiger partial charge on any atom is 0.327 e. The van der Waals surface area contributed by atoms with Gasteiger partial charge in [0.05, 0.1) is 0 Å². The van der Waals surface area contributed by atoms with Gasteiger partial charge in [-0.3, -0.25) is 14.5 Å². The lowest BCUT2D eigenvalue weighted by molar-refractivity contribution is -0.125. The summed E-state index contributed by atoms with van der Waals surface area (Å²) in [5, 5.41) is 0. The first-order valence-electron chi connectivity index (χ1n) is 10.7. The molecule has 6 nitrogen and oxygen atoms in total. The molecule has 1 saturated carbocycles. The fourth-order valence-electron chi connectivity index (χ4n) is 4.39. The van der Waals surface area contributed by atoms with Crippen LogP contribution >= 0.6 is 0 Å². The molecule has 2 aromatic rings. The Morgan fingerprint density at radius 2 is 1.67 bits per heavy atom. The Kier molecular flexibility index (Phi) is 4.57. The predicted octanol–water partition coefficient (Wildman–Crippen LogP) is 3.65. The Labute approximate surface area is 176 Å². The molecule has 0 aromatic heterocycles. The first-order chi connectivity index (χ1) is 14.5. The lowest BCUT2D eigenvalue weighted by Gasteiger charge is -2.16. The van der Waals surface area contributed by atoms with Gasteiger partial charge in [0.1, 0.15) is 6.54 Å². The molecule has 0 unspecified atom stereocenters. The summed E-state index contributed by atoms with van der Waals surface area (Å²) in [5.41, 5.74) is 5.10. The van der Waals surface area contributed by atoms with Gasteiger partial charge >= 0.3 is 6.03 Å². The van der Waals surface area contributed by atoms with Crippen molar-refractivity contribution in [1.29, 1.82) is 0 Å². The van der Waals surface area contributed by atoms with Gasteiger partial charge in [0.25, 0.3) is 5.91 Å². The van der Waals surface area contributed by atoms with Crippen molar-refractivity contribution in [1.82, 2.24) is 14.7 Å². The molecule has 4 amide bonds. The molecule has 1 aliphatic carbocycles. The Hall–Kier alpha value is -3.15. The van der Waals surface area contributed by atoms with Crippen molar-refractivity contribution in [2.75, 3.05) is 13.1 Å². The number of carbonyl (C=O) groups excluding carboxylic acids is 3. The van der Waals surface area contributed by atoms with Crippen molar-refractivity contribution < 1.29 is 14.4 Å². The minimum Gasteiger partial charge on any atom is -0.331 e. The summed E-state index contributed by atoms with van der Waals surface area (Å²) in [6, 6.07) is 14.4.